The first-order chi connectivity index (χ1) is 5.90. The van der Waals surface area contributed by atoms with Crippen LogP contribution >= 0.6 is 0 Å². The van der Waals surface area contributed by atoms with E-state index >= 15 is 0 Å². The van der Waals surface area contributed by atoms with Crippen molar-refractivity contribution in [3.05, 3.63) is 35.4 Å². The highest BCUT2D eigenvalue weighted by Gasteiger charge is 2.09. The number of carbonyl (C=O) groups excluding carboxylic acids is 1. The zero-order chi connectivity index (χ0) is 8.39. The molecule has 1 heterocycles. The first-order valence-corrected chi connectivity index (χ1v) is 3.67. The SMILES string of the molecule is O=[C]N1Cc2ccccc2C=N1. The van der Waals surface area contributed by atoms with E-state index in [9.17, 15) is 4.79 Å². The van der Waals surface area contributed by atoms with Crippen molar-refractivity contribution in [3.63, 3.8) is 0 Å². The zero-order valence-electron chi connectivity index (χ0n) is 6.40. The molecule has 1 aromatic rings. The van der Waals surface area contributed by atoms with Crippen molar-refractivity contribution in [2.24, 2.45) is 5.10 Å². The fourth-order valence-corrected chi connectivity index (χ4v) is 1.19. The molecule has 1 aliphatic rings. The number of rotatable bonds is 1. The molecule has 0 saturated heterocycles. The molecule has 1 aromatic carbocycles. The summed E-state index contributed by atoms with van der Waals surface area (Å²) in [6.07, 6.45) is 3.40. The molecule has 59 valence electrons. The van der Waals surface area contributed by atoms with Gasteiger partial charge < -0.3 is 0 Å². The van der Waals surface area contributed by atoms with Gasteiger partial charge in [0.25, 0.3) is 0 Å². The lowest BCUT2D eigenvalue weighted by atomic mass is 10.1. The van der Waals surface area contributed by atoms with Crippen molar-refractivity contribution in [1.29, 1.82) is 0 Å². The predicted molar refractivity (Wildman–Crippen MR) is 45.3 cm³/mol. The van der Waals surface area contributed by atoms with E-state index in [0.717, 1.165) is 11.1 Å². The fraction of sp³-hybridized carbons (Fsp3) is 0.111. The maximum atomic E-state index is 10.3. The van der Waals surface area contributed by atoms with Gasteiger partial charge in [0.2, 0.25) is 0 Å². The molecule has 2 rings (SSSR count). The van der Waals surface area contributed by atoms with Crippen LogP contribution in [0.15, 0.2) is 29.4 Å². The van der Waals surface area contributed by atoms with Gasteiger partial charge in [-0.2, -0.15) is 5.10 Å². The molecular formula is C9H7N2O. The van der Waals surface area contributed by atoms with Gasteiger partial charge in [-0.1, -0.05) is 24.3 Å². The number of hydrogen-bond acceptors (Lipinski definition) is 2. The van der Waals surface area contributed by atoms with Crippen LogP contribution in [0.25, 0.3) is 0 Å². The molecule has 0 spiro atoms. The van der Waals surface area contributed by atoms with E-state index in [1.54, 1.807) is 12.6 Å². The van der Waals surface area contributed by atoms with Gasteiger partial charge in [-0.25, -0.2) is 5.01 Å². The summed E-state index contributed by atoms with van der Waals surface area (Å²) >= 11 is 0. The number of fused-ring (bicyclic) bond motifs is 1. The summed E-state index contributed by atoms with van der Waals surface area (Å²) in [5.74, 6) is 0. The van der Waals surface area contributed by atoms with E-state index in [-0.39, 0.29) is 0 Å². The Kier molecular flexibility index (Phi) is 1.63. The highest BCUT2D eigenvalue weighted by molar-refractivity contribution is 5.83. The number of hydrogen-bond donors (Lipinski definition) is 0. The van der Waals surface area contributed by atoms with Crippen molar-refractivity contribution < 1.29 is 4.79 Å². The average Bonchev–Trinajstić information content (AvgIpc) is 2.17. The molecule has 1 radical (unpaired) electrons. The monoisotopic (exact) mass is 159 g/mol. The van der Waals surface area contributed by atoms with Crippen LogP contribution in [0.5, 0.6) is 0 Å². The molecule has 0 unspecified atom stereocenters. The minimum Gasteiger partial charge on any atom is -0.261 e. The minimum atomic E-state index is 0.524. The number of nitrogens with zero attached hydrogens (tertiary/aromatic N) is 2. The van der Waals surface area contributed by atoms with E-state index in [0.29, 0.717) is 6.54 Å². The molecule has 1 aliphatic heterocycles. The highest BCUT2D eigenvalue weighted by Crippen LogP contribution is 2.13. The van der Waals surface area contributed by atoms with Gasteiger partial charge in [-0.15, -0.1) is 0 Å². The number of amides is 1. The Bertz CT molecular complexity index is 333. The van der Waals surface area contributed by atoms with Gasteiger partial charge in [0.15, 0.2) is 0 Å². The average molecular weight is 159 g/mol. The second kappa shape index (κ2) is 2.77. The van der Waals surface area contributed by atoms with Gasteiger partial charge >= 0.3 is 6.41 Å². The normalized spacial score (nSPS) is 14.2. The molecule has 3 nitrogen and oxygen atoms in total. The molecule has 3 heteroatoms. The Morgan fingerprint density at radius 3 is 3.08 bits per heavy atom. The summed E-state index contributed by atoms with van der Waals surface area (Å²) in [5.41, 5.74) is 2.18. The van der Waals surface area contributed by atoms with Gasteiger partial charge in [0.05, 0.1) is 12.8 Å². The third-order valence-electron chi connectivity index (χ3n) is 1.82. The van der Waals surface area contributed by atoms with E-state index in [4.69, 9.17) is 0 Å². The van der Waals surface area contributed by atoms with Crippen LogP contribution in [-0.4, -0.2) is 17.6 Å². The van der Waals surface area contributed by atoms with Crippen molar-refractivity contribution >= 4 is 12.6 Å². The molecule has 0 atom stereocenters. The maximum absolute atomic E-state index is 10.3. The first-order valence-electron chi connectivity index (χ1n) is 3.67. The van der Waals surface area contributed by atoms with Crippen LogP contribution in [0.4, 0.5) is 0 Å². The summed E-state index contributed by atoms with van der Waals surface area (Å²) in [6, 6.07) is 7.85. The quantitative estimate of drug-likeness (QED) is 0.599. The lowest BCUT2D eigenvalue weighted by Gasteiger charge is -2.16. The molecule has 0 bridgehead atoms. The number of hydrazone groups is 1. The molecule has 0 saturated carbocycles. The van der Waals surface area contributed by atoms with Gasteiger partial charge in [-0.3, -0.25) is 4.79 Å². The van der Waals surface area contributed by atoms with Gasteiger partial charge in [0.1, 0.15) is 0 Å². The molecular weight excluding hydrogens is 152 g/mol. The van der Waals surface area contributed by atoms with Crippen molar-refractivity contribution in [3.8, 4) is 0 Å². The molecule has 1 amide bonds. The predicted octanol–water partition coefficient (Wildman–Crippen LogP) is 0.903. The maximum Gasteiger partial charge on any atom is 0.334 e. The summed E-state index contributed by atoms with van der Waals surface area (Å²) in [7, 11) is 0. The zero-order valence-corrected chi connectivity index (χ0v) is 6.40. The lowest BCUT2D eigenvalue weighted by molar-refractivity contribution is 0.388. The Hall–Kier alpha value is -1.64. The third kappa shape index (κ3) is 1.09. The van der Waals surface area contributed by atoms with E-state index in [2.05, 4.69) is 5.10 Å². The molecule has 12 heavy (non-hydrogen) atoms. The minimum absolute atomic E-state index is 0.524. The standard InChI is InChI=1S/C9H7N2O/c12-7-11-6-9-4-2-1-3-8(9)5-10-11/h1-5H,6H2. The van der Waals surface area contributed by atoms with Crippen LogP contribution in [-0.2, 0) is 11.3 Å². The van der Waals surface area contributed by atoms with Gasteiger partial charge in [-0.05, 0) is 11.1 Å². The Labute approximate surface area is 70.3 Å². The lowest BCUT2D eigenvalue weighted by Crippen LogP contribution is -2.19. The highest BCUT2D eigenvalue weighted by atomic mass is 16.1. The molecule has 0 fully saturated rings. The Balaban J connectivity index is 2.39. The van der Waals surface area contributed by atoms with Crippen LogP contribution in [0, 0.1) is 0 Å². The van der Waals surface area contributed by atoms with Crippen molar-refractivity contribution in [2.45, 2.75) is 6.54 Å². The van der Waals surface area contributed by atoms with E-state index in [1.807, 2.05) is 24.3 Å². The van der Waals surface area contributed by atoms with Crippen LogP contribution < -0.4 is 0 Å². The largest absolute Gasteiger partial charge is 0.334 e. The second-order valence-corrected chi connectivity index (χ2v) is 2.59. The van der Waals surface area contributed by atoms with Crippen LogP contribution in [0.2, 0.25) is 0 Å². The first kappa shape index (κ1) is 7.03. The summed E-state index contributed by atoms with van der Waals surface area (Å²) in [4.78, 5) is 10.3. The number of benzene rings is 1. The third-order valence-corrected chi connectivity index (χ3v) is 1.82. The van der Waals surface area contributed by atoms with E-state index in [1.165, 1.54) is 5.01 Å². The smallest absolute Gasteiger partial charge is 0.261 e. The fourth-order valence-electron chi connectivity index (χ4n) is 1.19. The topological polar surface area (TPSA) is 32.7 Å². The van der Waals surface area contributed by atoms with Crippen LogP contribution in [0.1, 0.15) is 11.1 Å². The van der Waals surface area contributed by atoms with Crippen molar-refractivity contribution in [1.82, 2.24) is 5.01 Å². The molecule has 0 aromatic heterocycles. The van der Waals surface area contributed by atoms with Crippen molar-refractivity contribution in [2.75, 3.05) is 0 Å². The molecule has 0 aliphatic carbocycles. The summed E-state index contributed by atoms with van der Waals surface area (Å²) in [5, 5.41) is 5.13. The summed E-state index contributed by atoms with van der Waals surface area (Å²) < 4.78 is 0. The van der Waals surface area contributed by atoms with E-state index < -0.39 is 0 Å². The van der Waals surface area contributed by atoms with Gasteiger partial charge in [0, 0.05) is 0 Å². The molecule has 0 N–H and O–H groups in total. The summed E-state index contributed by atoms with van der Waals surface area (Å²) in [6.45, 7) is 0.524. The second-order valence-electron chi connectivity index (χ2n) is 2.59. The Morgan fingerprint density at radius 2 is 2.25 bits per heavy atom. The Morgan fingerprint density at radius 1 is 1.42 bits per heavy atom. The van der Waals surface area contributed by atoms with Crippen LogP contribution in [0.3, 0.4) is 0 Å².